The fourth-order valence-electron chi connectivity index (χ4n) is 3.04. The lowest BCUT2D eigenvalue weighted by molar-refractivity contribution is 0.0240. The molecule has 1 fully saturated rings. The van der Waals surface area contributed by atoms with Gasteiger partial charge in [-0.15, -0.1) is 0 Å². The van der Waals surface area contributed by atoms with Crippen LogP contribution in [0, 0.1) is 0 Å². The lowest BCUT2D eigenvalue weighted by Crippen LogP contribution is -2.44. The van der Waals surface area contributed by atoms with Crippen molar-refractivity contribution in [2.45, 2.75) is 52.4 Å². The number of nitrogens with two attached hydrogens (primary N) is 1. The van der Waals surface area contributed by atoms with Crippen molar-refractivity contribution in [3.63, 3.8) is 0 Å². The average molecular weight is 350 g/mol. The Morgan fingerprint density at radius 1 is 1.36 bits per heavy atom. The zero-order valence-corrected chi connectivity index (χ0v) is 15.2. The van der Waals surface area contributed by atoms with Gasteiger partial charge in [-0.1, -0.05) is 0 Å². The Labute approximate surface area is 147 Å². The van der Waals surface area contributed by atoms with Crippen molar-refractivity contribution < 1.29 is 14.3 Å². The number of nitrogens with zero attached hydrogens (tertiary/aromatic N) is 4. The number of aromatic nitrogens is 2. The van der Waals surface area contributed by atoms with Crippen LogP contribution in [0.4, 0.5) is 16.6 Å². The molecule has 25 heavy (non-hydrogen) atoms. The van der Waals surface area contributed by atoms with Crippen LogP contribution in [0.3, 0.4) is 0 Å². The van der Waals surface area contributed by atoms with Gasteiger partial charge in [-0.3, -0.25) is 10.3 Å². The van der Waals surface area contributed by atoms with Crippen molar-refractivity contribution in [1.82, 2.24) is 14.9 Å². The van der Waals surface area contributed by atoms with Gasteiger partial charge in [-0.2, -0.15) is 4.98 Å². The summed E-state index contributed by atoms with van der Waals surface area (Å²) in [5, 5.41) is 0. The molecule has 3 N–H and O–H groups in total. The van der Waals surface area contributed by atoms with E-state index in [1.54, 1.807) is 4.90 Å². The van der Waals surface area contributed by atoms with Gasteiger partial charge in [-0.25, -0.2) is 15.6 Å². The van der Waals surface area contributed by atoms with Gasteiger partial charge in [0, 0.05) is 12.1 Å². The first-order valence-corrected chi connectivity index (χ1v) is 8.47. The number of anilines is 2. The summed E-state index contributed by atoms with van der Waals surface area (Å²) >= 11 is 0. The van der Waals surface area contributed by atoms with E-state index in [0.29, 0.717) is 32.3 Å². The van der Waals surface area contributed by atoms with Crippen LogP contribution in [0.2, 0.25) is 0 Å². The first-order chi connectivity index (χ1) is 11.8. The third-order valence-corrected chi connectivity index (χ3v) is 4.18. The molecule has 9 nitrogen and oxygen atoms in total. The summed E-state index contributed by atoms with van der Waals surface area (Å²) in [6.07, 6.45) is -0.353. The van der Waals surface area contributed by atoms with E-state index in [-0.39, 0.29) is 12.1 Å². The van der Waals surface area contributed by atoms with Crippen LogP contribution >= 0.6 is 0 Å². The first-order valence-electron chi connectivity index (χ1n) is 8.47. The third kappa shape index (κ3) is 3.77. The number of nitrogen functional groups attached to an aromatic ring is 1. The molecule has 0 bridgehead atoms. The number of hydrazine groups is 1. The molecule has 1 amide bonds. The van der Waals surface area contributed by atoms with Crippen molar-refractivity contribution in [2.24, 2.45) is 5.84 Å². The maximum atomic E-state index is 12.4. The Bertz CT molecular complexity index is 660. The number of ether oxygens (including phenoxy) is 2. The lowest BCUT2D eigenvalue weighted by Gasteiger charge is -2.35. The van der Waals surface area contributed by atoms with Gasteiger partial charge < -0.3 is 14.4 Å². The first kappa shape index (κ1) is 17.7. The molecule has 0 aromatic carbocycles. The number of amides is 1. The lowest BCUT2D eigenvalue weighted by atomic mass is 10.2. The van der Waals surface area contributed by atoms with Crippen LogP contribution in [-0.4, -0.2) is 52.4 Å². The maximum absolute atomic E-state index is 12.4. The Morgan fingerprint density at radius 3 is 2.76 bits per heavy atom. The predicted molar refractivity (Wildman–Crippen MR) is 93.0 cm³/mol. The van der Waals surface area contributed by atoms with E-state index >= 15 is 0 Å². The van der Waals surface area contributed by atoms with Gasteiger partial charge in [-0.05, 0) is 27.7 Å². The molecule has 2 aliphatic rings. The van der Waals surface area contributed by atoms with Crippen molar-refractivity contribution in [1.29, 1.82) is 0 Å². The molecule has 3 heterocycles. The number of hydrogen-bond acceptors (Lipinski definition) is 8. The molecule has 3 rings (SSSR count). The number of rotatable bonds is 2. The second-order valence-electron chi connectivity index (χ2n) is 7.39. The Hall–Kier alpha value is -2.13. The summed E-state index contributed by atoms with van der Waals surface area (Å²) in [6.45, 7) is 10.5. The van der Waals surface area contributed by atoms with E-state index in [1.165, 1.54) is 0 Å². The smallest absolute Gasteiger partial charge is 0.410 e. The van der Waals surface area contributed by atoms with Gasteiger partial charge in [0.15, 0.2) is 0 Å². The second-order valence-corrected chi connectivity index (χ2v) is 7.39. The summed E-state index contributed by atoms with van der Waals surface area (Å²) in [5.41, 5.74) is 3.72. The van der Waals surface area contributed by atoms with Crippen LogP contribution < -0.4 is 16.2 Å². The largest absolute Gasteiger partial charge is 0.444 e. The van der Waals surface area contributed by atoms with E-state index in [4.69, 9.17) is 15.3 Å². The molecule has 0 aliphatic carbocycles. The van der Waals surface area contributed by atoms with Crippen molar-refractivity contribution in [3.05, 3.63) is 11.3 Å². The summed E-state index contributed by atoms with van der Waals surface area (Å²) < 4.78 is 11.0. The summed E-state index contributed by atoms with van der Waals surface area (Å²) in [7, 11) is 0. The number of carbonyl (C=O) groups is 1. The average Bonchev–Trinajstić information content (AvgIpc) is 2.97. The number of carbonyl (C=O) groups excluding carboxylic acids is 1. The minimum atomic E-state index is -0.539. The molecule has 9 heteroatoms. The van der Waals surface area contributed by atoms with E-state index in [0.717, 1.165) is 23.6 Å². The fraction of sp³-hybridized carbons (Fsp3) is 0.688. The zero-order chi connectivity index (χ0) is 18.2. The minimum absolute atomic E-state index is 0.189. The molecule has 2 aliphatic heterocycles. The number of fused-ring (bicyclic) bond motifs is 1. The maximum Gasteiger partial charge on any atom is 0.410 e. The van der Waals surface area contributed by atoms with E-state index in [1.807, 2.05) is 20.8 Å². The molecule has 1 aromatic heterocycles. The highest BCUT2D eigenvalue weighted by atomic mass is 16.6. The molecule has 1 aromatic rings. The zero-order valence-electron chi connectivity index (χ0n) is 15.2. The molecular weight excluding hydrogens is 324 g/mol. The number of morpholine rings is 1. The number of nitrogens with one attached hydrogen (secondary N) is 1. The van der Waals surface area contributed by atoms with Crippen LogP contribution in [0.25, 0.3) is 0 Å². The monoisotopic (exact) mass is 350 g/mol. The van der Waals surface area contributed by atoms with Crippen LogP contribution in [0.5, 0.6) is 0 Å². The van der Waals surface area contributed by atoms with Crippen molar-refractivity contribution in [3.8, 4) is 0 Å². The van der Waals surface area contributed by atoms with Gasteiger partial charge >= 0.3 is 6.09 Å². The molecule has 0 saturated carbocycles. The Morgan fingerprint density at radius 2 is 2.12 bits per heavy atom. The van der Waals surface area contributed by atoms with Crippen LogP contribution in [0.1, 0.15) is 39.0 Å². The number of hydrogen-bond donors (Lipinski definition) is 2. The summed E-state index contributed by atoms with van der Waals surface area (Å²) in [5.74, 6) is 6.68. The highest BCUT2D eigenvalue weighted by molar-refractivity contribution is 5.70. The summed E-state index contributed by atoms with van der Waals surface area (Å²) in [6, 6.07) is 0.189. The highest BCUT2D eigenvalue weighted by Gasteiger charge is 2.34. The normalized spacial score (nSPS) is 20.4. The standard InChI is InChI=1S/C16H26N6O3/c1-10-9-24-6-5-22(10)13-11-7-21(15(23)25-16(2,3)4)8-12(11)18-14(19-13)20-17/h10H,5-9,17H2,1-4H3,(H,18,19,20)/t10-/m0/s1. The molecule has 138 valence electrons. The van der Waals surface area contributed by atoms with Gasteiger partial charge in [0.25, 0.3) is 0 Å². The quantitative estimate of drug-likeness (QED) is 0.606. The van der Waals surface area contributed by atoms with E-state index in [2.05, 4.69) is 27.2 Å². The topological polar surface area (TPSA) is 106 Å². The fourth-order valence-corrected chi connectivity index (χ4v) is 3.04. The summed E-state index contributed by atoms with van der Waals surface area (Å²) in [4.78, 5) is 25.2. The predicted octanol–water partition coefficient (Wildman–Crippen LogP) is 1.24. The highest BCUT2D eigenvalue weighted by Crippen LogP contribution is 2.32. The third-order valence-electron chi connectivity index (χ3n) is 4.18. The van der Waals surface area contributed by atoms with E-state index < -0.39 is 5.60 Å². The van der Waals surface area contributed by atoms with Gasteiger partial charge in [0.1, 0.15) is 11.4 Å². The minimum Gasteiger partial charge on any atom is -0.444 e. The van der Waals surface area contributed by atoms with Crippen LogP contribution in [0.15, 0.2) is 0 Å². The van der Waals surface area contributed by atoms with Gasteiger partial charge in [0.05, 0.1) is 38.0 Å². The second kappa shape index (κ2) is 6.64. The molecule has 1 atom stereocenters. The molecule has 0 radical (unpaired) electrons. The Kier molecular flexibility index (Phi) is 4.70. The van der Waals surface area contributed by atoms with E-state index in [9.17, 15) is 4.79 Å². The molecule has 0 spiro atoms. The van der Waals surface area contributed by atoms with Gasteiger partial charge in [0.2, 0.25) is 5.95 Å². The van der Waals surface area contributed by atoms with Crippen molar-refractivity contribution in [2.75, 3.05) is 30.1 Å². The van der Waals surface area contributed by atoms with Crippen LogP contribution in [-0.2, 0) is 22.6 Å². The molecule has 1 saturated heterocycles. The molecular formula is C16H26N6O3. The van der Waals surface area contributed by atoms with Crippen molar-refractivity contribution >= 4 is 17.9 Å². The Balaban J connectivity index is 1.89. The SMILES string of the molecule is C[C@H]1COCCN1c1nc(NN)nc2c1CN(C(=O)OC(C)(C)C)C2. The molecule has 0 unspecified atom stereocenters.